The fourth-order valence-electron chi connectivity index (χ4n) is 0.500. The van der Waals surface area contributed by atoms with Crippen LogP contribution in [-0.4, -0.2) is 5.34 Å². The van der Waals surface area contributed by atoms with Crippen LogP contribution in [0.15, 0.2) is 0 Å². The zero-order valence-electron chi connectivity index (χ0n) is 8.29. The highest BCUT2D eigenvalue weighted by Gasteiger charge is 1.75. The Morgan fingerprint density at radius 1 is 0.818 bits per heavy atom. The summed E-state index contributed by atoms with van der Waals surface area (Å²) in [6.07, 6.45) is 5.54. The van der Waals surface area contributed by atoms with Gasteiger partial charge in [0.15, 0.2) is 0 Å². The maximum Gasteiger partial charge on any atom is 0.0967 e. The summed E-state index contributed by atoms with van der Waals surface area (Å²) in [5.74, 6) is 0. The first kappa shape index (κ1) is 17.6. The van der Waals surface area contributed by atoms with Gasteiger partial charge in [-0.05, 0) is 0 Å². The third-order valence-electron chi connectivity index (χ3n) is 0.957. The molecule has 0 spiro atoms. The summed E-state index contributed by atoms with van der Waals surface area (Å²) in [7, 11) is 0. The average Bonchev–Trinajstić information content (AvgIpc) is 2.06. The molecule has 0 amide bonds. The molecule has 0 nitrogen and oxygen atoms in total. The van der Waals surface area contributed by atoms with Crippen LogP contribution >= 0.6 is 23.2 Å². The van der Waals surface area contributed by atoms with Crippen LogP contribution in [0.3, 0.4) is 0 Å². The summed E-state index contributed by atoms with van der Waals surface area (Å²) >= 11 is 9.53. The van der Waals surface area contributed by atoms with E-state index in [1.54, 1.807) is 0 Å². The molecule has 0 atom stereocenters. The Bertz CT molecular complexity index is 26.7. The summed E-state index contributed by atoms with van der Waals surface area (Å²) in [4.78, 5) is 0. The van der Waals surface area contributed by atoms with Crippen LogP contribution in [0, 0.1) is 0 Å². The Morgan fingerprint density at radius 2 is 1.00 bits per heavy atom. The van der Waals surface area contributed by atoms with E-state index in [0.29, 0.717) is 0 Å². The smallest absolute Gasteiger partial charge is 0.0967 e. The molecule has 0 unspecified atom stereocenters. The first-order valence-corrected chi connectivity index (χ1v) is 5.52. The Hall–Kier alpha value is 0.580. The van der Waals surface area contributed by atoms with Crippen molar-refractivity contribution in [2.45, 2.75) is 53.4 Å². The molecule has 11 heavy (non-hydrogen) atoms. The molecule has 0 heterocycles. The van der Waals surface area contributed by atoms with Crippen LogP contribution in [0.25, 0.3) is 0 Å². The molecule has 2 heteroatoms. The zero-order valence-corrected chi connectivity index (χ0v) is 9.80. The van der Waals surface area contributed by atoms with Gasteiger partial charge in [0.2, 0.25) is 0 Å². The minimum atomic E-state index is 0.194. The van der Waals surface area contributed by atoms with Crippen LogP contribution in [-0.2, 0) is 0 Å². The van der Waals surface area contributed by atoms with Crippen molar-refractivity contribution in [1.29, 1.82) is 0 Å². The summed E-state index contributed by atoms with van der Waals surface area (Å²) in [6.45, 7) is 8.46. The van der Waals surface area contributed by atoms with E-state index in [1.807, 2.05) is 13.8 Å². The van der Waals surface area contributed by atoms with E-state index in [0.717, 1.165) is 0 Å². The minimum Gasteiger partial charge on any atom is -0.109 e. The van der Waals surface area contributed by atoms with Gasteiger partial charge < -0.3 is 0 Å². The van der Waals surface area contributed by atoms with Crippen LogP contribution in [0.4, 0.5) is 0 Å². The fourth-order valence-corrected chi connectivity index (χ4v) is 0.500. The van der Waals surface area contributed by atoms with Crippen molar-refractivity contribution in [2.75, 3.05) is 5.34 Å². The van der Waals surface area contributed by atoms with E-state index in [1.165, 1.54) is 25.7 Å². The molecule has 0 aliphatic rings. The van der Waals surface area contributed by atoms with Gasteiger partial charge in [-0.2, -0.15) is 0 Å². The van der Waals surface area contributed by atoms with Crippen LogP contribution < -0.4 is 0 Å². The molecule has 0 saturated carbocycles. The molecule has 0 aromatic heterocycles. The zero-order chi connectivity index (χ0) is 9.54. The molecule has 0 aromatic rings. The highest BCUT2D eigenvalue weighted by molar-refractivity contribution is 6.40. The van der Waals surface area contributed by atoms with Crippen LogP contribution in [0.2, 0.25) is 0 Å². The number of rotatable bonds is 3. The second kappa shape index (κ2) is 31.2. The molecule has 0 radical (unpaired) electrons. The highest BCUT2D eigenvalue weighted by Crippen LogP contribution is 1.95. The molecule has 0 saturated heterocycles. The van der Waals surface area contributed by atoms with Crippen molar-refractivity contribution in [3.63, 3.8) is 0 Å². The predicted octanol–water partition coefficient (Wildman–Crippen LogP) is 5.03. The Kier molecular flexibility index (Phi) is 49.9. The second-order valence-electron chi connectivity index (χ2n) is 1.81. The largest absolute Gasteiger partial charge is 0.109 e. The van der Waals surface area contributed by atoms with Crippen molar-refractivity contribution >= 4 is 23.2 Å². The average molecular weight is 201 g/mol. The molecule has 0 N–H and O–H groups in total. The Morgan fingerprint density at radius 3 is 1.09 bits per heavy atom. The predicted molar refractivity (Wildman–Crippen MR) is 57.7 cm³/mol. The minimum absolute atomic E-state index is 0.194. The second-order valence-corrected chi connectivity index (χ2v) is 2.62. The lowest BCUT2D eigenvalue weighted by Gasteiger charge is -1.86. The highest BCUT2D eigenvalue weighted by atomic mass is 35.5. The monoisotopic (exact) mass is 200 g/mol. The first-order valence-electron chi connectivity index (χ1n) is 4.45. The first-order chi connectivity index (χ1) is 5.33. The Balaban J connectivity index is -0.000000109. The van der Waals surface area contributed by atoms with Gasteiger partial charge >= 0.3 is 0 Å². The van der Waals surface area contributed by atoms with Gasteiger partial charge in [0.25, 0.3) is 0 Å². The van der Waals surface area contributed by atoms with Crippen molar-refractivity contribution in [2.24, 2.45) is 0 Å². The van der Waals surface area contributed by atoms with Crippen molar-refractivity contribution < 1.29 is 0 Å². The van der Waals surface area contributed by atoms with Gasteiger partial charge in [0, 0.05) is 0 Å². The van der Waals surface area contributed by atoms with Crippen molar-refractivity contribution in [3.8, 4) is 0 Å². The fraction of sp³-hybridized carbons (Fsp3) is 1.00. The lowest BCUT2D eigenvalue weighted by atomic mass is 10.2. The van der Waals surface area contributed by atoms with E-state index in [-0.39, 0.29) is 5.34 Å². The van der Waals surface area contributed by atoms with E-state index >= 15 is 0 Å². The molecular weight excluding hydrogens is 179 g/mol. The molecule has 0 aromatic carbocycles. The van der Waals surface area contributed by atoms with Crippen LogP contribution in [0.5, 0.6) is 0 Å². The van der Waals surface area contributed by atoms with Gasteiger partial charge in [0.1, 0.15) is 0 Å². The number of halogens is 2. The molecule has 0 aliphatic heterocycles. The molecule has 0 bridgehead atoms. The molecular formula is C9H22Cl2. The third kappa shape index (κ3) is 60.8. The number of alkyl halides is 2. The molecule has 72 valence electrons. The van der Waals surface area contributed by atoms with E-state index in [9.17, 15) is 0 Å². The summed E-state index contributed by atoms with van der Waals surface area (Å²) in [5, 5.41) is 0.194. The molecule has 0 fully saturated rings. The lowest BCUT2D eigenvalue weighted by molar-refractivity contribution is 0.702. The van der Waals surface area contributed by atoms with Gasteiger partial charge in [-0.15, -0.1) is 23.2 Å². The molecule has 0 rings (SSSR count). The summed E-state index contributed by atoms with van der Waals surface area (Å²) < 4.78 is 0. The van der Waals surface area contributed by atoms with E-state index in [2.05, 4.69) is 13.8 Å². The summed E-state index contributed by atoms with van der Waals surface area (Å²) in [5.41, 5.74) is 0. The lowest BCUT2D eigenvalue weighted by Crippen LogP contribution is -1.66. The molecule has 0 aliphatic carbocycles. The number of hydrogen-bond donors (Lipinski definition) is 0. The summed E-state index contributed by atoms with van der Waals surface area (Å²) in [6, 6.07) is 0. The van der Waals surface area contributed by atoms with E-state index in [4.69, 9.17) is 23.2 Å². The van der Waals surface area contributed by atoms with Gasteiger partial charge in [0.05, 0.1) is 5.34 Å². The quantitative estimate of drug-likeness (QED) is 0.443. The van der Waals surface area contributed by atoms with E-state index < -0.39 is 0 Å². The topological polar surface area (TPSA) is 0 Å². The van der Waals surface area contributed by atoms with Gasteiger partial charge in [-0.25, -0.2) is 0 Å². The maximum absolute atomic E-state index is 4.76. The Labute approximate surface area is 82.3 Å². The SMILES string of the molecule is CC.CCCCCC.ClCCl. The van der Waals surface area contributed by atoms with Gasteiger partial charge in [-0.3, -0.25) is 0 Å². The number of hydrogen-bond acceptors (Lipinski definition) is 0. The maximum atomic E-state index is 4.76. The standard InChI is InChI=1S/C6H14.C2H6.CH2Cl2/c1-3-5-6-4-2;1-2;2-1-3/h3-6H2,1-2H3;1-2H3;1H2. The third-order valence-corrected chi connectivity index (χ3v) is 0.957. The normalized spacial score (nSPS) is 7.09. The van der Waals surface area contributed by atoms with Crippen molar-refractivity contribution in [3.05, 3.63) is 0 Å². The number of unbranched alkanes of at least 4 members (excludes halogenated alkanes) is 3. The van der Waals surface area contributed by atoms with Crippen molar-refractivity contribution in [1.82, 2.24) is 0 Å². The van der Waals surface area contributed by atoms with Crippen LogP contribution in [0.1, 0.15) is 53.4 Å². The van der Waals surface area contributed by atoms with Gasteiger partial charge in [-0.1, -0.05) is 53.4 Å².